The van der Waals surface area contributed by atoms with Crippen molar-refractivity contribution >= 4 is 57.3 Å². The van der Waals surface area contributed by atoms with Crippen LogP contribution in [0.25, 0.3) is 5.76 Å². The molecule has 41 heavy (non-hydrogen) atoms. The summed E-state index contributed by atoms with van der Waals surface area (Å²) >= 11 is 8.56. The van der Waals surface area contributed by atoms with Crippen LogP contribution in [0.1, 0.15) is 42.5 Å². The first-order valence-corrected chi connectivity index (χ1v) is 15.0. The number of ether oxygens (including phenoxy) is 1. The molecule has 1 aliphatic rings. The van der Waals surface area contributed by atoms with Gasteiger partial charge < -0.3 is 9.84 Å². The van der Waals surface area contributed by atoms with Gasteiger partial charge >= 0.3 is 5.91 Å². The third kappa shape index (κ3) is 6.45. The van der Waals surface area contributed by atoms with Gasteiger partial charge in [-0.15, -0.1) is 10.2 Å². The molecule has 1 unspecified atom stereocenters. The molecule has 7 nitrogen and oxygen atoms in total. The number of Topliss-reactive ketones (excluding diaryl/α,β-unsaturated/α-hetero) is 1. The molecule has 4 aromatic rings. The molecule has 210 valence electrons. The predicted octanol–water partition coefficient (Wildman–Crippen LogP) is 7.43. The number of amides is 1. The number of aromatic nitrogens is 2. The third-order valence-electron chi connectivity index (χ3n) is 6.38. The maximum Gasteiger partial charge on any atom is 0.301 e. The second-order valence-corrected chi connectivity index (χ2v) is 11.8. The van der Waals surface area contributed by atoms with Crippen LogP contribution in [0.2, 0.25) is 5.02 Å². The summed E-state index contributed by atoms with van der Waals surface area (Å²) in [4.78, 5) is 28.2. The Morgan fingerprint density at radius 2 is 1.85 bits per heavy atom. The van der Waals surface area contributed by atoms with Gasteiger partial charge in [-0.2, -0.15) is 0 Å². The SMILES string of the molecule is CCCCOc1cccc(C2C(=C(O)c3ccc(Cl)cc3)C(=O)C(=O)N2c2nnc(SCc3ccc(F)cc3)s2)c1. The van der Waals surface area contributed by atoms with Gasteiger partial charge in [-0.1, -0.05) is 72.3 Å². The highest BCUT2D eigenvalue weighted by Gasteiger charge is 2.48. The van der Waals surface area contributed by atoms with Crippen molar-refractivity contribution in [2.75, 3.05) is 11.5 Å². The lowest BCUT2D eigenvalue weighted by atomic mass is 9.95. The molecule has 3 aromatic carbocycles. The van der Waals surface area contributed by atoms with E-state index in [-0.39, 0.29) is 22.3 Å². The first-order chi connectivity index (χ1) is 19.9. The molecule has 0 aliphatic carbocycles. The quantitative estimate of drug-likeness (QED) is 0.0499. The second-order valence-electron chi connectivity index (χ2n) is 9.22. The van der Waals surface area contributed by atoms with Crippen LogP contribution in [0.3, 0.4) is 0 Å². The van der Waals surface area contributed by atoms with E-state index in [0.29, 0.717) is 38.6 Å². The summed E-state index contributed by atoms with van der Waals surface area (Å²) in [5, 5.41) is 20.5. The Morgan fingerprint density at radius 1 is 1.10 bits per heavy atom. The topological polar surface area (TPSA) is 92.6 Å². The maximum absolute atomic E-state index is 13.5. The minimum atomic E-state index is -0.969. The normalized spacial score (nSPS) is 16.4. The number of hydrogen-bond donors (Lipinski definition) is 1. The van der Waals surface area contributed by atoms with E-state index >= 15 is 0 Å². The number of aliphatic hydroxyl groups is 1. The molecule has 1 amide bonds. The Labute approximate surface area is 249 Å². The van der Waals surface area contributed by atoms with Crippen LogP contribution in [-0.4, -0.2) is 33.6 Å². The lowest BCUT2D eigenvalue weighted by molar-refractivity contribution is -0.132. The Morgan fingerprint density at radius 3 is 2.59 bits per heavy atom. The standard InChI is InChI=1S/C30H25ClFN3O4S2/c1-2-3-15-39-23-6-4-5-20(16-23)25-24(26(36)19-9-11-21(31)12-10-19)27(37)28(38)35(25)29-33-34-30(41-29)40-17-18-7-13-22(32)14-8-18/h4-14,16,25,36H,2-3,15,17H2,1H3. The molecular weight excluding hydrogens is 585 g/mol. The number of nitrogens with zero attached hydrogens (tertiary/aromatic N) is 3. The zero-order valence-corrected chi connectivity index (χ0v) is 24.3. The van der Waals surface area contributed by atoms with E-state index in [1.807, 2.05) is 0 Å². The highest BCUT2D eigenvalue weighted by molar-refractivity contribution is 8.00. The number of rotatable bonds is 10. The van der Waals surface area contributed by atoms with Gasteiger partial charge in [0.2, 0.25) is 5.13 Å². The molecule has 1 N–H and O–H groups in total. The fourth-order valence-electron chi connectivity index (χ4n) is 4.30. The summed E-state index contributed by atoms with van der Waals surface area (Å²) < 4.78 is 19.7. The number of benzene rings is 3. The summed E-state index contributed by atoms with van der Waals surface area (Å²) in [7, 11) is 0. The molecule has 1 aliphatic heterocycles. The average molecular weight is 610 g/mol. The summed E-state index contributed by atoms with van der Waals surface area (Å²) in [6, 6.07) is 18.7. The molecule has 1 aromatic heterocycles. The van der Waals surface area contributed by atoms with Crippen molar-refractivity contribution in [2.24, 2.45) is 0 Å². The molecule has 2 heterocycles. The summed E-state index contributed by atoms with van der Waals surface area (Å²) in [6.45, 7) is 2.59. The van der Waals surface area contributed by atoms with Crippen molar-refractivity contribution in [3.63, 3.8) is 0 Å². The number of carbonyl (C=O) groups is 2. The zero-order chi connectivity index (χ0) is 28.9. The molecule has 1 saturated heterocycles. The first-order valence-electron chi connectivity index (χ1n) is 12.9. The minimum absolute atomic E-state index is 0.0706. The zero-order valence-electron chi connectivity index (χ0n) is 21.9. The lowest BCUT2D eigenvalue weighted by Gasteiger charge is -2.23. The fourth-order valence-corrected chi connectivity index (χ4v) is 6.25. The van der Waals surface area contributed by atoms with Crippen molar-refractivity contribution in [2.45, 2.75) is 35.9 Å². The largest absolute Gasteiger partial charge is 0.507 e. The van der Waals surface area contributed by atoms with Gasteiger partial charge in [0.25, 0.3) is 5.78 Å². The van der Waals surface area contributed by atoms with Gasteiger partial charge in [0.05, 0.1) is 18.2 Å². The van der Waals surface area contributed by atoms with Crippen LogP contribution >= 0.6 is 34.7 Å². The van der Waals surface area contributed by atoms with Crippen molar-refractivity contribution in [1.29, 1.82) is 0 Å². The Bertz CT molecular complexity index is 1590. The van der Waals surface area contributed by atoms with Crippen molar-refractivity contribution < 1.29 is 23.8 Å². The van der Waals surface area contributed by atoms with Crippen LogP contribution in [0.4, 0.5) is 9.52 Å². The van der Waals surface area contributed by atoms with E-state index in [4.69, 9.17) is 16.3 Å². The van der Waals surface area contributed by atoms with Crippen molar-refractivity contribution in [3.05, 3.63) is 106 Å². The van der Waals surface area contributed by atoms with Gasteiger partial charge in [-0.05, 0) is 66.1 Å². The molecule has 5 rings (SSSR count). The van der Waals surface area contributed by atoms with Gasteiger partial charge in [0.1, 0.15) is 17.3 Å². The molecule has 0 spiro atoms. The van der Waals surface area contributed by atoms with Crippen molar-refractivity contribution in [1.82, 2.24) is 10.2 Å². The van der Waals surface area contributed by atoms with Crippen molar-refractivity contribution in [3.8, 4) is 5.75 Å². The van der Waals surface area contributed by atoms with Crippen LogP contribution in [0.5, 0.6) is 5.75 Å². The van der Waals surface area contributed by atoms with Crippen LogP contribution in [0, 0.1) is 5.82 Å². The molecule has 1 atom stereocenters. The number of halogens is 2. The molecule has 0 saturated carbocycles. The van der Waals surface area contributed by atoms with Gasteiger partial charge in [0, 0.05) is 16.3 Å². The summed E-state index contributed by atoms with van der Waals surface area (Å²) in [5.74, 6) is -1.19. The molecular formula is C30H25ClFN3O4S2. The van der Waals surface area contributed by atoms with E-state index in [2.05, 4.69) is 17.1 Å². The average Bonchev–Trinajstić information content (AvgIpc) is 3.55. The molecule has 0 radical (unpaired) electrons. The number of aliphatic hydroxyl groups excluding tert-OH is 1. The number of unbranched alkanes of at least 4 members (excludes halogenated alkanes) is 1. The molecule has 11 heteroatoms. The first kappa shape index (κ1) is 28.8. The Balaban J connectivity index is 1.53. The van der Waals surface area contributed by atoms with Gasteiger partial charge in [0.15, 0.2) is 4.34 Å². The Kier molecular flexibility index (Phi) is 9.02. The smallest absolute Gasteiger partial charge is 0.301 e. The third-order valence-corrected chi connectivity index (χ3v) is 8.76. The van der Waals surface area contributed by atoms with Gasteiger partial charge in [-0.3, -0.25) is 14.5 Å². The van der Waals surface area contributed by atoms with E-state index in [9.17, 15) is 19.1 Å². The maximum atomic E-state index is 13.5. The predicted molar refractivity (Wildman–Crippen MR) is 159 cm³/mol. The van der Waals surface area contributed by atoms with Crippen LogP contribution < -0.4 is 9.64 Å². The molecule has 1 fully saturated rings. The van der Waals surface area contributed by atoms with E-state index in [1.54, 1.807) is 60.7 Å². The molecule has 0 bridgehead atoms. The van der Waals surface area contributed by atoms with Crippen LogP contribution in [0.15, 0.2) is 82.7 Å². The van der Waals surface area contributed by atoms with E-state index < -0.39 is 17.7 Å². The fraction of sp³-hybridized carbons (Fsp3) is 0.200. The van der Waals surface area contributed by atoms with E-state index in [1.165, 1.54) is 28.8 Å². The summed E-state index contributed by atoms with van der Waals surface area (Å²) in [5.41, 5.74) is 1.75. The number of ketones is 1. The highest BCUT2D eigenvalue weighted by atomic mass is 35.5. The highest BCUT2D eigenvalue weighted by Crippen LogP contribution is 2.44. The van der Waals surface area contributed by atoms with Crippen LogP contribution in [-0.2, 0) is 15.3 Å². The van der Waals surface area contributed by atoms with E-state index in [0.717, 1.165) is 29.7 Å². The Hall–Kier alpha value is -3.73. The number of carbonyl (C=O) groups excluding carboxylic acids is 2. The number of anilines is 1. The number of hydrogen-bond acceptors (Lipinski definition) is 8. The minimum Gasteiger partial charge on any atom is -0.507 e. The number of thioether (sulfide) groups is 1. The summed E-state index contributed by atoms with van der Waals surface area (Å²) in [6.07, 6.45) is 1.85. The second kappa shape index (κ2) is 12.8. The monoisotopic (exact) mass is 609 g/mol. The lowest BCUT2D eigenvalue weighted by Crippen LogP contribution is -2.29. The van der Waals surface area contributed by atoms with Gasteiger partial charge in [-0.25, -0.2) is 4.39 Å².